The lowest BCUT2D eigenvalue weighted by Gasteiger charge is -2.24. The molecule has 80 valence electrons. The van der Waals surface area contributed by atoms with Gasteiger partial charge in [-0.15, -0.1) is 0 Å². The molecule has 0 aromatic heterocycles. The first-order valence-corrected chi connectivity index (χ1v) is 5.53. The summed E-state index contributed by atoms with van der Waals surface area (Å²) < 4.78 is 0. The number of carbonyl (C=O) groups is 1. The number of hydrogen-bond acceptors (Lipinski definition) is 1. The van der Waals surface area contributed by atoms with Gasteiger partial charge in [0.25, 0.3) is 0 Å². The molecule has 1 aliphatic heterocycles. The predicted octanol–water partition coefficient (Wildman–Crippen LogP) is 2.62. The largest absolute Gasteiger partial charge is 0.336 e. The van der Waals surface area contributed by atoms with Gasteiger partial charge >= 0.3 is 0 Å². The number of benzene rings is 1. The fraction of sp³-hybridized carbons (Fsp3) is 0.462. The maximum absolute atomic E-state index is 11.7. The van der Waals surface area contributed by atoms with Crippen molar-refractivity contribution < 1.29 is 4.79 Å². The Hall–Kier alpha value is -1.31. The monoisotopic (exact) mass is 203 g/mol. The molecule has 15 heavy (non-hydrogen) atoms. The van der Waals surface area contributed by atoms with E-state index in [1.807, 2.05) is 23.1 Å². The highest BCUT2D eigenvalue weighted by Crippen LogP contribution is 2.27. The van der Waals surface area contributed by atoms with Gasteiger partial charge in [0.15, 0.2) is 0 Å². The maximum atomic E-state index is 11.7. The van der Waals surface area contributed by atoms with E-state index < -0.39 is 0 Å². The van der Waals surface area contributed by atoms with Crippen LogP contribution in [0.5, 0.6) is 0 Å². The summed E-state index contributed by atoms with van der Waals surface area (Å²) >= 11 is 0. The molecule has 0 unspecified atom stereocenters. The summed E-state index contributed by atoms with van der Waals surface area (Å²) in [6.45, 7) is 5.13. The van der Waals surface area contributed by atoms with Crippen molar-refractivity contribution >= 4 is 5.91 Å². The molecule has 2 nitrogen and oxygen atoms in total. The van der Waals surface area contributed by atoms with Crippen LogP contribution < -0.4 is 0 Å². The first-order chi connectivity index (χ1) is 7.18. The van der Waals surface area contributed by atoms with Gasteiger partial charge in [-0.1, -0.05) is 37.3 Å². The molecule has 2 heteroatoms. The van der Waals surface area contributed by atoms with Crippen LogP contribution in [-0.4, -0.2) is 17.4 Å². The summed E-state index contributed by atoms with van der Waals surface area (Å²) in [5.74, 6) is 0.794. The summed E-state index contributed by atoms with van der Waals surface area (Å²) in [5.41, 5.74) is 1.22. The van der Waals surface area contributed by atoms with E-state index >= 15 is 0 Å². The van der Waals surface area contributed by atoms with Gasteiger partial charge in [0.1, 0.15) is 0 Å². The summed E-state index contributed by atoms with van der Waals surface area (Å²) in [6.07, 6.45) is 0.706. The molecule has 2 rings (SSSR count). The summed E-state index contributed by atoms with van der Waals surface area (Å²) in [4.78, 5) is 13.7. The van der Waals surface area contributed by atoms with Crippen LogP contribution in [0.3, 0.4) is 0 Å². The summed E-state index contributed by atoms with van der Waals surface area (Å²) in [5, 5.41) is 0. The predicted molar refractivity (Wildman–Crippen MR) is 60.4 cm³/mol. The molecule has 1 aromatic carbocycles. The molecule has 0 saturated carbocycles. The molecule has 1 aliphatic rings. The van der Waals surface area contributed by atoms with Crippen molar-refractivity contribution in [2.75, 3.05) is 6.54 Å². The van der Waals surface area contributed by atoms with Crippen LogP contribution in [-0.2, 0) is 4.79 Å². The molecule has 0 aliphatic carbocycles. The van der Waals surface area contributed by atoms with Gasteiger partial charge in [0.2, 0.25) is 5.91 Å². The minimum atomic E-state index is 0.212. The Morgan fingerprint density at radius 2 is 2.00 bits per heavy atom. The molecular weight excluding hydrogens is 186 g/mol. The van der Waals surface area contributed by atoms with E-state index in [4.69, 9.17) is 0 Å². The maximum Gasteiger partial charge on any atom is 0.223 e. The fourth-order valence-corrected chi connectivity index (χ4v) is 2.20. The lowest BCUT2D eigenvalue weighted by molar-refractivity contribution is -0.129. The first-order valence-electron chi connectivity index (χ1n) is 5.53. The number of amides is 1. The molecule has 0 spiro atoms. The third-order valence-corrected chi connectivity index (χ3v) is 3.10. The number of carbonyl (C=O) groups excluding carboxylic acids is 1. The Labute approximate surface area is 90.9 Å². The summed E-state index contributed by atoms with van der Waals surface area (Å²) in [7, 11) is 0. The van der Waals surface area contributed by atoms with Gasteiger partial charge in [0, 0.05) is 13.0 Å². The fourth-order valence-electron chi connectivity index (χ4n) is 2.20. The van der Waals surface area contributed by atoms with Crippen LogP contribution in [0.15, 0.2) is 30.3 Å². The minimum Gasteiger partial charge on any atom is -0.336 e. The highest BCUT2D eigenvalue weighted by molar-refractivity contribution is 5.79. The molecular formula is C13H17NO. The Bertz CT molecular complexity index is 347. The number of hydrogen-bond donors (Lipinski definition) is 0. The van der Waals surface area contributed by atoms with E-state index in [2.05, 4.69) is 26.0 Å². The number of nitrogens with zero attached hydrogens (tertiary/aromatic N) is 1. The zero-order chi connectivity index (χ0) is 10.8. The molecule has 1 aromatic rings. The van der Waals surface area contributed by atoms with Crippen LogP contribution >= 0.6 is 0 Å². The van der Waals surface area contributed by atoms with Crippen molar-refractivity contribution in [3.63, 3.8) is 0 Å². The van der Waals surface area contributed by atoms with Crippen molar-refractivity contribution in [3.05, 3.63) is 35.9 Å². The molecule has 0 N–H and O–H groups in total. The number of rotatable bonds is 2. The third kappa shape index (κ3) is 2.04. The third-order valence-electron chi connectivity index (χ3n) is 3.10. The van der Waals surface area contributed by atoms with Crippen molar-refractivity contribution in [2.45, 2.75) is 26.3 Å². The van der Waals surface area contributed by atoms with Gasteiger partial charge in [-0.2, -0.15) is 0 Å². The van der Waals surface area contributed by atoms with Crippen LogP contribution in [0.25, 0.3) is 0 Å². The van der Waals surface area contributed by atoms with Gasteiger partial charge in [-0.05, 0) is 18.4 Å². The van der Waals surface area contributed by atoms with Gasteiger partial charge in [-0.3, -0.25) is 4.79 Å². The van der Waals surface area contributed by atoms with Crippen molar-refractivity contribution in [3.8, 4) is 0 Å². The lowest BCUT2D eigenvalue weighted by atomic mass is 10.1. The van der Waals surface area contributed by atoms with E-state index in [1.165, 1.54) is 5.56 Å². The second-order valence-electron chi connectivity index (χ2n) is 4.44. The first kappa shape index (κ1) is 10.2. The normalized spacial score (nSPS) is 23.2. The van der Waals surface area contributed by atoms with E-state index in [9.17, 15) is 4.79 Å². The van der Waals surface area contributed by atoms with Gasteiger partial charge in [0.05, 0.1) is 6.04 Å². The Morgan fingerprint density at radius 1 is 1.33 bits per heavy atom. The zero-order valence-corrected chi connectivity index (χ0v) is 9.31. The minimum absolute atomic E-state index is 0.212. The zero-order valence-electron chi connectivity index (χ0n) is 9.31. The smallest absolute Gasteiger partial charge is 0.223 e. The molecule has 0 bridgehead atoms. The Balaban J connectivity index is 2.15. The van der Waals surface area contributed by atoms with Crippen molar-refractivity contribution in [2.24, 2.45) is 5.92 Å². The quantitative estimate of drug-likeness (QED) is 0.723. The Morgan fingerprint density at radius 3 is 2.53 bits per heavy atom. The molecule has 1 fully saturated rings. The molecule has 1 amide bonds. The molecule has 0 radical (unpaired) electrons. The highest BCUT2D eigenvalue weighted by Gasteiger charge is 2.30. The van der Waals surface area contributed by atoms with Crippen LogP contribution in [0.2, 0.25) is 0 Å². The second-order valence-corrected chi connectivity index (χ2v) is 4.44. The van der Waals surface area contributed by atoms with Crippen molar-refractivity contribution in [1.82, 2.24) is 4.90 Å². The van der Waals surface area contributed by atoms with Crippen molar-refractivity contribution in [1.29, 1.82) is 0 Å². The molecule has 1 saturated heterocycles. The average Bonchev–Trinajstić information content (AvgIpc) is 2.58. The second kappa shape index (κ2) is 4.05. The van der Waals surface area contributed by atoms with Gasteiger partial charge in [-0.25, -0.2) is 0 Å². The highest BCUT2D eigenvalue weighted by atomic mass is 16.2. The molecule has 1 heterocycles. The van der Waals surface area contributed by atoms with Crippen LogP contribution in [0.4, 0.5) is 0 Å². The van der Waals surface area contributed by atoms with E-state index in [1.54, 1.807) is 0 Å². The molecule has 2 atom stereocenters. The van der Waals surface area contributed by atoms with Crippen LogP contribution in [0.1, 0.15) is 31.9 Å². The van der Waals surface area contributed by atoms with E-state index in [-0.39, 0.29) is 6.04 Å². The van der Waals surface area contributed by atoms with E-state index in [0.717, 1.165) is 6.54 Å². The number of likely N-dealkylation sites (tertiary alicyclic amines) is 1. The Kier molecular flexibility index (Phi) is 2.76. The lowest BCUT2D eigenvalue weighted by Crippen LogP contribution is -2.28. The SMILES string of the molecule is C[C@@H]1CC(=O)N([C@@H](C)c2ccccc2)C1. The standard InChI is InChI=1S/C13H17NO/c1-10-8-13(15)14(9-10)11(2)12-6-4-3-5-7-12/h3-7,10-11H,8-9H2,1-2H3/t10-,11+/m1/s1. The van der Waals surface area contributed by atoms with E-state index in [0.29, 0.717) is 18.2 Å². The van der Waals surface area contributed by atoms with Crippen LogP contribution in [0, 0.1) is 5.92 Å². The topological polar surface area (TPSA) is 20.3 Å². The van der Waals surface area contributed by atoms with Gasteiger partial charge < -0.3 is 4.90 Å². The average molecular weight is 203 g/mol. The summed E-state index contributed by atoms with van der Waals surface area (Å²) in [6, 6.07) is 10.4.